The summed E-state index contributed by atoms with van der Waals surface area (Å²) in [5, 5.41) is 0.745. The van der Waals surface area contributed by atoms with Gasteiger partial charge in [0.25, 0.3) is 0 Å². The van der Waals surface area contributed by atoms with Crippen molar-refractivity contribution in [3.8, 4) is 11.1 Å². The highest BCUT2D eigenvalue weighted by molar-refractivity contribution is 9.09. The molecule has 2 aliphatic carbocycles. The molecule has 0 amide bonds. The van der Waals surface area contributed by atoms with E-state index in [2.05, 4.69) is 44.0 Å². The lowest BCUT2D eigenvalue weighted by molar-refractivity contribution is 0.101. The molecular weight excluding hydrogens is 480 g/mol. The van der Waals surface area contributed by atoms with Crippen LogP contribution < -0.4 is 0 Å². The van der Waals surface area contributed by atoms with Crippen molar-refractivity contribution < 1.29 is 9.59 Å². The Labute approximate surface area is 184 Å². The van der Waals surface area contributed by atoms with Crippen molar-refractivity contribution in [2.45, 2.75) is 52.4 Å². The molecule has 0 atom stereocenters. The Morgan fingerprint density at radius 2 is 1.04 bits per heavy atom. The van der Waals surface area contributed by atoms with E-state index in [4.69, 9.17) is 0 Å². The summed E-state index contributed by atoms with van der Waals surface area (Å²) in [6.07, 6.45) is 6.25. The molecule has 0 saturated heterocycles. The lowest BCUT2D eigenvalue weighted by Crippen LogP contribution is -2.07. The molecule has 2 aromatic rings. The van der Waals surface area contributed by atoms with Crippen LogP contribution in [-0.4, -0.2) is 22.2 Å². The van der Waals surface area contributed by atoms with E-state index in [1.54, 1.807) is 0 Å². The topological polar surface area (TPSA) is 34.1 Å². The quantitative estimate of drug-likeness (QED) is 0.342. The minimum absolute atomic E-state index is 0.165. The predicted molar refractivity (Wildman–Crippen MR) is 124 cm³/mol. The van der Waals surface area contributed by atoms with Crippen LogP contribution in [0.3, 0.4) is 0 Å². The Hall–Kier alpha value is -1.26. The smallest absolute Gasteiger partial charge is 0.173 e. The average Bonchev–Trinajstić information content (AvgIpc) is 3.42. The molecule has 0 fully saturated rings. The fourth-order valence-electron chi connectivity index (χ4n) is 4.58. The highest BCUT2D eigenvalue weighted by atomic mass is 79.9. The maximum atomic E-state index is 12.3. The number of rotatable bonds is 5. The minimum atomic E-state index is 0.165. The van der Waals surface area contributed by atoms with E-state index in [0.717, 1.165) is 49.7 Å². The first kappa shape index (κ1) is 21.4. The summed E-state index contributed by atoms with van der Waals surface area (Å²) >= 11 is 6.61. The molecule has 0 bridgehead atoms. The van der Waals surface area contributed by atoms with Crippen LogP contribution in [0.1, 0.15) is 69.7 Å². The summed E-state index contributed by atoms with van der Waals surface area (Å²) < 4.78 is 0. The molecular formula is C24H26Br2O2. The number of hydrogen-bond donors (Lipinski definition) is 0. The summed E-state index contributed by atoms with van der Waals surface area (Å²) in [4.78, 5) is 24.5. The highest BCUT2D eigenvalue weighted by Crippen LogP contribution is 2.40. The molecule has 0 aromatic heterocycles. The van der Waals surface area contributed by atoms with Gasteiger partial charge in [-0.05, 0) is 71.9 Å². The fourth-order valence-corrected chi connectivity index (χ4v) is 5.19. The maximum absolute atomic E-state index is 12.3. The Morgan fingerprint density at radius 1 is 0.679 bits per heavy atom. The van der Waals surface area contributed by atoms with Crippen molar-refractivity contribution in [3.05, 3.63) is 57.6 Å². The monoisotopic (exact) mass is 504 g/mol. The van der Waals surface area contributed by atoms with Crippen LogP contribution in [0.25, 0.3) is 11.1 Å². The highest BCUT2D eigenvalue weighted by Gasteiger charge is 2.26. The van der Waals surface area contributed by atoms with Gasteiger partial charge in [-0.25, -0.2) is 0 Å². The molecule has 2 aliphatic rings. The molecule has 0 unspecified atom stereocenters. The average molecular weight is 506 g/mol. The Kier molecular flexibility index (Phi) is 7.27. The number of benzene rings is 2. The van der Waals surface area contributed by atoms with Crippen LogP contribution in [0.4, 0.5) is 0 Å². The van der Waals surface area contributed by atoms with Gasteiger partial charge in [-0.2, -0.15) is 0 Å². The van der Waals surface area contributed by atoms with Gasteiger partial charge in [-0.3, -0.25) is 9.59 Å². The van der Waals surface area contributed by atoms with Gasteiger partial charge < -0.3 is 0 Å². The molecule has 0 spiro atoms. The number of Topliss-reactive ketones (excluding diaryl/α,β-unsaturated/α-hetero) is 2. The Balaban J connectivity index is 0.00000109. The predicted octanol–water partition coefficient (Wildman–Crippen LogP) is 6.51. The summed E-state index contributed by atoms with van der Waals surface area (Å²) in [5.74, 6) is 0.330. The Morgan fingerprint density at radius 3 is 1.39 bits per heavy atom. The normalized spacial score (nSPS) is 14.1. The third-order valence-electron chi connectivity index (χ3n) is 5.70. The van der Waals surface area contributed by atoms with Crippen molar-refractivity contribution in [1.29, 1.82) is 0 Å². The first-order valence-corrected chi connectivity index (χ1v) is 12.4. The fraction of sp³-hybridized carbons (Fsp3) is 0.417. The third kappa shape index (κ3) is 3.78. The third-order valence-corrected chi connectivity index (χ3v) is 6.72. The summed E-state index contributed by atoms with van der Waals surface area (Å²) in [6, 6.07) is 8.25. The first-order valence-electron chi connectivity index (χ1n) is 10.1. The zero-order valence-electron chi connectivity index (χ0n) is 16.5. The van der Waals surface area contributed by atoms with Crippen LogP contribution in [0.2, 0.25) is 0 Å². The second kappa shape index (κ2) is 9.49. The molecule has 0 aliphatic heterocycles. The molecule has 4 heteroatoms. The number of ketones is 2. The van der Waals surface area contributed by atoms with E-state index in [9.17, 15) is 9.59 Å². The van der Waals surface area contributed by atoms with Crippen LogP contribution in [0, 0.1) is 0 Å². The maximum Gasteiger partial charge on any atom is 0.173 e. The Bertz CT molecular complexity index is 840. The van der Waals surface area contributed by atoms with E-state index in [1.807, 2.05) is 26.0 Å². The zero-order chi connectivity index (χ0) is 20.3. The van der Waals surface area contributed by atoms with Gasteiger partial charge in [0.05, 0.1) is 10.7 Å². The van der Waals surface area contributed by atoms with E-state index in [0.29, 0.717) is 10.7 Å². The van der Waals surface area contributed by atoms with Gasteiger partial charge in [-0.15, -0.1) is 0 Å². The largest absolute Gasteiger partial charge is 0.293 e. The number of alkyl halides is 2. The summed E-state index contributed by atoms with van der Waals surface area (Å²) in [7, 11) is 0. The van der Waals surface area contributed by atoms with Gasteiger partial charge in [0.1, 0.15) is 0 Å². The number of halogens is 2. The lowest BCUT2D eigenvalue weighted by atomic mass is 9.87. The van der Waals surface area contributed by atoms with Crippen molar-refractivity contribution in [1.82, 2.24) is 0 Å². The van der Waals surface area contributed by atoms with Crippen molar-refractivity contribution >= 4 is 43.4 Å². The van der Waals surface area contributed by atoms with Gasteiger partial charge in [0.2, 0.25) is 0 Å². The van der Waals surface area contributed by atoms with Crippen LogP contribution in [0.15, 0.2) is 24.3 Å². The standard InChI is InChI=1S/C22H20Br2O2.C2H6/c23-11-21(25)19-9-7-17(13-3-1-5-15(13)19)18-8-10-20(22(26)12-24)16-6-2-4-14(16)18;1-2/h7-10H,1-6,11-12H2;1-2H3. The van der Waals surface area contributed by atoms with Gasteiger partial charge >= 0.3 is 0 Å². The van der Waals surface area contributed by atoms with Gasteiger partial charge in [-0.1, -0.05) is 70.0 Å². The summed E-state index contributed by atoms with van der Waals surface area (Å²) in [5.41, 5.74) is 9.43. The van der Waals surface area contributed by atoms with E-state index >= 15 is 0 Å². The SMILES string of the molecule is CC.O=C(CBr)c1ccc(-c2ccc(C(=O)CBr)c3c2CCC3)c2c1CCC2. The van der Waals surface area contributed by atoms with Crippen molar-refractivity contribution in [2.24, 2.45) is 0 Å². The molecule has 0 saturated carbocycles. The van der Waals surface area contributed by atoms with Crippen molar-refractivity contribution in [3.63, 3.8) is 0 Å². The van der Waals surface area contributed by atoms with E-state index in [-0.39, 0.29) is 11.6 Å². The van der Waals surface area contributed by atoms with Crippen LogP contribution in [0.5, 0.6) is 0 Å². The van der Waals surface area contributed by atoms with E-state index < -0.39 is 0 Å². The first-order chi connectivity index (χ1) is 13.7. The molecule has 0 heterocycles. The molecule has 0 N–H and O–H groups in total. The molecule has 148 valence electrons. The van der Waals surface area contributed by atoms with Crippen LogP contribution >= 0.6 is 31.9 Å². The molecule has 0 radical (unpaired) electrons. The molecule has 2 nitrogen and oxygen atoms in total. The minimum Gasteiger partial charge on any atom is -0.293 e. The number of fused-ring (bicyclic) bond motifs is 2. The lowest BCUT2D eigenvalue weighted by Gasteiger charge is -2.17. The zero-order valence-corrected chi connectivity index (χ0v) is 19.7. The number of carbonyl (C=O) groups is 2. The van der Waals surface area contributed by atoms with Crippen LogP contribution in [-0.2, 0) is 25.7 Å². The summed E-state index contributed by atoms with van der Waals surface area (Å²) in [6.45, 7) is 4.00. The molecule has 4 rings (SSSR count). The van der Waals surface area contributed by atoms with Crippen molar-refractivity contribution in [2.75, 3.05) is 10.7 Å². The number of carbonyl (C=O) groups excluding carboxylic acids is 2. The number of hydrogen-bond acceptors (Lipinski definition) is 2. The van der Waals surface area contributed by atoms with E-state index in [1.165, 1.54) is 33.4 Å². The second-order valence-electron chi connectivity index (χ2n) is 7.06. The molecule has 2 aromatic carbocycles. The second-order valence-corrected chi connectivity index (χ2v) is 8.18. The molecule has 28 heavy (non-hydrogen) atoms. The van der Waals surface area contributed by atoms with Gasteiger partial charge in [0, 0.05) is 11.1 Å². The van der Waals surface area contributed by atoms with Gasteiger partial charge in [0.15, 0.2) is 11.6 Å².